The molecule has 2 atom stereocenters. The van der Waals surface area contributed by atoms with Crippen molar-refractivity contribution in [3.05, 3.63) is 23.4 Å². The number of piperidine rings is 1. The Morgan fingerprint density at radius 2 is 2.18 bits per heavy atom. The SMILES string of the molecule is Cc1cc(CN)cnc1N1CCC(C)C(C)C1. The lowest BCUT2D eigenvalue weighted by atomic mass is 9.88. The van der Waals surface area contributed by atoms with Crippen LogP contribution in [-0.4, -0.2) is 18.1 Å². The van der Waals surface area contributed by atoms with Crippen molar-refractivity contribution in [2.45, 2.75) is 33.7 Å². The molecule has 0 amide bonds. The number of hydrogen-bond acceptors (Lipinski definition) is 3. The summed E-state index contributed by atoms with van der Waals surface area (Å²) in [6.45, 7) is 9.63. The van der Waals surface area contributed by atoms with Crippen molar-refractivity contribution < 1.29 is 0 Å². The molecule has 1 aromatic heterocycles. The summed E-state index contributed by atoms with van der Waals surface area (Å²) in [4.78, 5) is 7.00. The number of hydrogen-bond donors (Lipinski definition) is 1. The quantitative estimate of drug-likeness (QED) is 0.852. The van der Waals surface area contributed by atoms with E-state index in [4.69, 9.17) is 5.73 Å². The fourth-order valence-electron chi connectivity index (χ4n) is 2.52. The minimum atomic E-state index is 0.571. The van der Waals surface area contributed by atoms with Gasteiger partial charge in [-0.3, -0.25) is 0 Å². The zero-order valence-electron chi connectivity index (χ0n) is 11.1. The molecule has 2 N–H and O–H groups in total. The molecule has 1 saturated heterocycles. The van der Waals surface area contributed by atoms with Crippen LogP contribution in [0.4, 0.5) is 5.82 Å². The van der Waals surface area contributed by atoms with E-state index in [1.807, 2.05) is 6.20 Å². The number of rotatable bonds is 2. The number of pyridine rings is 1. The average Bonchev–Trinajstić information content (AvgIpc) is 2.32. The highest BCUT2D eigenvalue weighted by atomic mass is 15.2. The van der Waals surface area contributed by atoms with E-state index >= 15 is 0 Å². The molecule has 1 aliphatic heterocycles. The van der Waals surface area contributed by atoms with Crippen LogP contribution in [0.2, 0.25) is 0 Å². The van der Waals surface area contributed by atoms with E-state index < -0.39 is 0 Å². The molecule has 0 bridgehead atoms. The number of nitrogens with zero attached hydrogens (tertiary/aromatic N) is 2. The topological polar surface area (TPSA) is 42.1 Å². The molecule has 2 unspecified atom stereocenters. The van der Waals surface area contributed by atoms with Gasteiger partial charge in [0.15, 0.2) is 0 Å². The Bertz CT molecular complexity index is 389. The number of anilines is 1. The highest BCUT2D eigenvalue weighted by molar-refractivity contribution is 5.47. The normalized spacial score (nSPS) is 25.1. The lowest BCUT2D eigenvalue weighted by Crippen LogP contribution is -2.39. The van der Waals surface area contributed by atoms with Gasteiger partial charge in [0, 0.05) is 25.8 Å². The summed E-state index contributed by atoms with van der Waals surface area (Å²) in [7, 11) is 0. The van der Waals surface area contributed by atoms with E-state index in [9.17, 15) is 0 Å². The molecular weight excluding hydrogens is 210 g/mol. The van der Waals surface area contributed by atoms with Crippen molar-refractivity contribution in [2.75, 3.05) is 18.0 Å². The minimum absolute atomic E-state index is 0.571. The molecule has 2 heterocycles. The molecule has 0 aliphatic carbocycles. The summed E-state index contributed by atoms with van der Waals surface area (Å²) in [6, 6.07) is 2.16. The standard InChI is InChI=1S/C14H23N3/c1-10-4-5-17(9-12(10)3)14-11(2)6-13(7-15)8-16-14/h6,8,10,12H,4-5,7,9,15H2,1-3H3. The minimum Gasteiger partial charge on any atom is -0.356 e. The Hall–Kier alpha value is -1.09. The lowest BCUT2D eigenvalue weighted by Gasteiger charge is -2.36. The third kappa shape index (κ3) is 2.60. The second-order valence-electron chi connectivity index (χ2n) is 5.38. The van der Waals surface area contributed by atoms with Gasteiger partial charge in [-0.25, -0.2) is 4.98 Å². The average molecular weight is 233 g/mol. The molecule has 3 heteroatoms. The molecule has 2 rings (SSSR count). The molecular formula is C14H23N3. The third-order valence-corrected chi connectivity index (χ3v) is 3.98. The van der Waals surface area contributed by atoms with Crippen LogP contribution in [0.25, 0.3) is 0 Å². The van der Waals surface area contributed by atoms with Gasteiger partial charge in [-0.2, -0.15) is 0 Å². The van der Waals surface area contributed by atoms with Gasteiger partial charge in [0.2, 0.25) is 0 Å². The van der Waals surface area contributed by atoms with Crippen molar-refractivity contribution in [3.8, 4) is 0 Å². The first-order chi connectivity index (χ1) is 8.11. The molecule has 0 radical (unpaired) electrons. The van der Waals surface area contributed by atoms with Crippen LogP contribution >= 0.6 is 0 Å². The van der Waals surface area contributed by atoms with Crippen LogP contribution in [0, 0.1) is 18.8 Å². The summed E-state index contributed by atoms with van der Waals surface area (Å²) in [5, 5.41) is 0. The molecule has 0 spiro atoms. The van der Waals surface area contributed by atoms with Gasteiger partial charge in [-0.1, -0.05) is 13.8 Å². The molecule has 1 aromatic rings. The zero-order valence-corrected chi connectivity index (χ0v) is 11.1. The molecule has 17 heavy (non-hydrogen) atoms. The molecule has 1 aliphatic rings. The first-order valence-corrected chi connectivity index (χ1v) is 6.52. The Kier molecular flexibility index (Phi) is 3.67. The van der Waals surface area contributed by atoms with Crippen molar-refractivity contribution in [1.29, 1.82) is 0 Å². The van der Waals surface area contributed by atoms with Gasteiger partial charge < -0.3 is 10.6 Å². The fraction of sp³-hybridized carbons (Fsp3) is 0.643. The maximum absolute atomic E-state index is 5.63. The van der Waals surface area contributed by atoms with Gasteiger partial charge in [0.05, 0.1) is 0 Å². The molecule has 1 fully saturated rings. The Morgan fingerprint density at radius 1 is 1.41 bits per heavy atom. The van der Waals surface area contributed by atoms with Crippen molar-refractivity contribution in [3.63, 3.8) is 0 Å². The van der Waals surface area contributed by atoms with Gasteiger partial charge in [-0.05, 0) is 42.4 Å². The van der Waals surface area contributed by atoms with E-state index in [1.165, 1.54) is 12.0 Å². The maximum Gasteiger partial charge on any atom is 0.131 e. The largest absolute Gasteiger partial charge is 0.356 e. The van der Waals surface area contributed by atoms with Crippen LogP contribution in [0.15, 0.2) is 12.3 Å². The van der Waals surface area contributed by atoms with Crippen LogP contribution in [0.5, 0.6) is 0 Å². The Morgan fingerprint density at radius 3 is 2.76 bits per heavy atom. The summed E-state index contributed by atoms with van der Waals surface area (Å²) >= 11 is 0. The molecule has 0 aromatic carbocycles. The van der Waals surface area contributed by atoms with Crippen molar-refractivity contribution in [1.82, 2.24) is 4.98 Å². The molecule has 3 nitrogen and oxygen atoms in total. The van der Waals surface area contributed by atoms with Crippen LogP contribution in [-0.2, 0) is 6.54 Å². The summed E-state index contributed by atoms with van der Waals surface area (Å²) in [6.07, 6.45) is 3.17. The second-order valence-corrected chi connectivity index (χ2v) is 5.38. The predicted molar refractivity (Wildman–Crippen MR) is 72.0 cm³/mol. The monoisotopic (exact) mass is 233 g/mol. The van der Waals surface area contributed by atoms with Crippen molar-refractivity contribution in [2.24, 2.45) is 17.6 Å². The Balaban J connectivity index is 2.17. The molecule has 0 saturated carbocycles. The van der Waals surface area contributed by atoms with E-state index in [0.29, 0.717) is 6.54 Å². The summed E-state index contributed by atoms with van der Waals surface area (Å²) in [5.74, 6) is 2.72. The number of nitrogens with two attached hydrogens (primary N) is 1. The van der Waals surface area contributed by atoms with E-state index in [0.717, 1.165) is 36.3 Å². The smallest absolute Gasteiger partial charge is 0.131 e. The van der Waals surface area contributed by atoms with Gasteiger partial charge in [-0.15, -0.1) is 0 Å². The summed E-state index contributed by atoms with van der Waals surface area (Å²) < 4.78 is 0. The first kappa shape index (κ1) is 12.4. The Labute approximate surface area is 104 Å². The third-order valence-electron chi connectivity index (χ3n) is 3.98. The number of aromatic nitrogens is 1. The van der Waals surface area contributed by atoms with Gasteiger partial charge in [0.1, 0.15) is 5.82 Å². The van der Waals surface area contributed by atoms with Crippen LogP contribution in [0.1, 0.15) is 31.4 Å². The highest BCUT2D eigenvalue weighted by Crippen LogP contribution is 2.27. The first-order valence-electron chi connectivity index (χ1n) is 6.52. The van der Waals surface area contributed by atoms with E-state index in [-0.39, 0.29) is 0 Å². The molecule has 94 valence electrons. The number of aryl methyl sites for hydroxylation is 1. The predicted octanol–water partition coefficient (Wildman–Crippen LogP) is 2.33. The maximum atomic E-state index is 5.63. The van der Waals surface area contributed by atoms with E-state index in [1.54, 1.807) is 0 Å². The second kappa shape index (κ2) is 5.05. The van der Waals surface area contributed by atoms with Crippen molar-refractivity contribution >= 4 is 5.82 Å². The highest BCUT2D eigenvalue weighted by Gasteiger charge is 2.24. The van der Waals surface area contributed by atoms with Gasteiger partial charge in [0.25, 0.3) is 0 Å². The van der Waals surface area contributed by atoms with Gasteiger partial charge >= 0.3 is 0 Å². The summed E-state index contributed by atoms with van der Waals surface area (Å²) in [5.41, 5.74) is 7.99. The zero-order chi connectivity index (χ0) is 12.4. The van der Waals surface area contributed by atoms with E-state index in [2.05, 4.69) is 36.7 Å². The van der Waals surface area contributed by atoms with Crippen LogP contribution < -0.4 is 10.6 Å². The van der Waals surface area contributed by atoms with Crippen LogP contribution in [0.3, 0.4) is 0 Å². The lowest BCUT2D eigenvalue weighted by molar-refractivity contribution is 0.322. The fourth-order valence-corrected chi connectivity index (χ4v) is 2.52.